The molecule has 1 aromatic heterocycles. The monoisotopic (exact) mass is 465 g/mol. The van der Waals surface area contributed by atoms with E-state index in [9.17, 15) is 31.1 Å². The smallest absolute Gasteiger partial charge is 0.427 e. The van der Waals surface area contributed by atoms with Crippen LogP contribution in [0.2, 0.25) is 0 Å². The number of hydrogen-bond acceptors (Lipinski definition) is 5. The molecule has 2 atom stereocenters. The fourth-order valence-corrected chi connectivity index (χ4v) is 3.42. The zero-order valence-electron chi connectivity index (χ0n) is 16.3. The lowest BCUT2D eigenvalue weighted by Gasteiger charge is -2.26. The predicted molar refractivity (Wildman–Crippen MR) is 95.3 cm³/mol. The van der Waals surface area contributed by atoms with E-state index in [1.807, 2.05) is 0 Å². The highest BCUT2D eigenvalue weighted by molar-refractivity contribution is 5.92. The molecule has 2 aliphatic heterocycles. The molecule has 174 valence electrons. The second-order valence-corrected chi connectivity index (χ2v) is 7.43. The molecule has 0 saturated heterocycles. The maximum Gasteiger partial charge on any atom is 0.427 e. The van der Waals surface area contributed by atoms with Crippen LogP contribution < -0.4 is 14.8 Å². The summed E-state index contributed by atoms with van der Waals surface area (Å²) in [5.41, 5.74) is 1.10. The van der Waals surface area contributed by atoms with Crippen LogP contribution in [0, 0.1) is 0 Å². The van der Waals surface area contributed by atoms with E-state index < -0.39 is 43.6 Å². The van der Waals surface area contributed by atoms with Crippen LogP contribution in [0.25, 0.3) is 0 Å². The molecule has 4 rings (SSSR count). The van der Waals surface area contributed by atoms with Crippen molar-refractivity contribution < 1.29 is 45.3 Å². The number of amides is 1. The Morgan fingerprint density at radius 2 is 2.00 bits per heavy atom. The molecule has 0 saturated carbocycles. The van der Waals surface area contributed by atoms with Gasteiger partial charge in [-0.05, 0) is 29.7 Å². The second-order valence-electron chi connectivity index (χ2n) is 7.43. The summed E-state index contributed by atoms with van der Waals surface area (Å²) in [5.74, 6) is -0.213. The summed E-state index contributed by atoms with van der Waals surface area (Å²) in [7, 11) is 0. The molecular formula is C19H17F6N3O4. The zero-order chi connectivity index (χ0) is 23.1. The van der Waals surface area contributed by atoms with Gasteiger partial charge in [-0.2, -0.15) is 31.4 Å². The van der Waals surface area contributed by atoms with Crippen LogP contribution in [0.15, 0.2) is 24.3 Å². The van der Waals surface area contributed by atoms with Crippen molar-refractivity contribution in [1.29, 1.82) is 0 Å². The van der Waals surface area contributed by atoms with Gasteiger partial charge in [-0.25, -0.2) is 4.68 Å². The Balaban J connectivity index is 1.34. The quantitative estimate of drug-likeness (QED) is 0.688. The van der Waals surface area contributed by atoms with Gasteiger partial charge in [0.15, 0.2) is 5.69 Å². The van der Waals surface area contributed by atoms with Gasteiger partial charge in [0.05, 0.1) is 19.2 Å². The summed E-state index contributed by atoms with van der Waals surface area (Å²) in [4.78, 5) is 12.5. The molecule has 1 N–H and O–H groups in total. The lowest BCUT2D eigenvalue weighted by Crippen LogP contribution is -2.43. The number of halogens is 6. The van der Waals surface area contributed by atoms with Gasteiger partial charge in [-0.1, -0.05) is 6.07 Å². The van der Waals surface area contributed by atoms with Crippen molar-refractivity contribution in [2.45, 2.75) is 44.1 Å². The maximum absolute atomic E-state index is 12.7. The number of ether oxygens (including phenoxy) is 3. The highest BCUT2D eigenvalue weighted by Gasteiger charge is 2.46. The highest BCUT2D eigenvalue weighted by atomic mass is 19.4. The van der Waals surface area contributed by atoms with Crippen molar-refractivity contribution in [3.05, 3.63) is 41.1 Å². The van der Waals surface area contributed by atoms with Crippen LogP contribution in [0.1, 0.15) is 21.6 Å². The average molecular weight is 465 g/mol. The van der Waals surface area contributed by atoms with E-state index in [0.29, 0.717) is 23.3 Å². The molecule has 0 fully saturated rings. The van der Waals surface area contributed by atoms with Gasteiger partial charge in [0.1, 0.15) is 19.0 Å². The van der Waals surface area contributed by atoms with Crippen LogP contribution in [0.5, 0.6) is 11.6 Å². The molecule has 1 aromatic carbocycles. The summed E-state index contributed by atoms with van der Waals surface area (Å²) in [6.07, 6.45) is -10.6. The van der Waals surface area contributed by atoms with E-state index in [-0.39, 0.29) is 24.8 Å². The fourth-order valence-electron chi connectivity index (χ4n) is 3.42. The number of rotatable bonds is 5. The molecule has 32 heavy (non-hydrogen) atoms. The molecule has 3 heterocycles. The van der Waals surface area contributed by atoms with Gasteiger partial charge in [0.25, 0.3) is 5.91 Å². The number of benzene rings is 1. The Morgan fingerprint density at radius 3 is 2.69 bits per heavy atom. The van der Waals surface area contributed by atoms with Crippen molar-refractivity contribution >= 4 is 5.91 Å². The van der Waals surface area contributed by atoms with E-state index in [4.69, 9.17) is 9.47 Å². The Hall–Kier alpha value is -2.96. The first-order valence-electron chi connectivity index (χ1n) is 9.49. The molecule has 0 bridgehead atoms. The molecule has 0 spiro atoms. The van der Waals surface area contributed by atoms with Crippen molar-refractivity contribution in [3.8, 4) is 11.6 Å². The van der Waals surface area contributed by atoms with Gasteiger partial charge in [0.2, 0.25) is 12.0 Å². The van der Waals surface area contributed by atoms with Crippen LogP contribution in [-0.4, -0.2) is 53.4 Å². The predicted octanol–water partition coefficient (Wildman–Crippen LogP) is 3.02. The topological polar surface area (TPSA) is 74.6 Å². The standard InChI is InChI=1S/C19H17F6N3O4/c20-18(21,22)9-30-7-10-1-2-14-11(3-10)4-12(8-31-14)26-17(29)13-5-16-28(27-13)6-15(32-16)19(23,24)25/h1-3,5,12,15H,4,6-9H2,(H,26,29)/t12-,15?/m1/s1. The van der Waals surface area contributed by atoms with E-state index in [1.165, 1.54) is 0 Å². The van der Waals surface area contributed by atoms with Crippen LogP contribution in [-0.2, 0) is 24.3 Å². The number of fused-ring (bicyclic) bond motifs is 2. The number of aromatic nitrogens is 2. The first kappa shape index (κ1) is 22.2. The molecule has 0 aliphatic carbocycles. The minimum atomic E-state index is -4.54. The summed E-state index contributed by atoms with van der Waals surface area (Å²) >= 11 is 0. The van der Waals surface area contributed by atoms with Crippen molar-refractivity contribution in [3.63, 3.8) is 0 Å². The summed E-state index contributed by atoms with van der Waals surface area (Å²) in [6, 6.07) is 5.51. The lowest BCUT2D eigenvalue weighted by atomic mass is 10.0. The largest absolute Gasteiger partial charge is 0.491 e. The van der Waals surface area contributed by atoms with Crippen LogP contribution in [0.3, 0.4) is 0 Å². The van der Waals surface area contributed by atoms with Gasteiger partial charge < -0.3 is 19.5 Å². The number of carbonyl (C=O) groups is 1. The summed E-state index contributed by atoms with van der Waals surface area (Å²) in [6.45, 7) is -1.99. The van der Waals surface area contributed by atoms with E-state index in [0.717, 1.165) is 10.7 Å². The molecule has 7 nitrogen and oxygen atoms in total. The van der Waals surface area contributed by atoms with E-state index in [1.54, 1.807) is 18.2 Å². The Kier molecular flexibility index (Phi) is 5.69. The van der Waals surface area contributed by atoms with Gasteiger partial charge in [-0.15, -0.1) is 0 Å². The Morgan fingerprint density at radius 1 is 1.22 bits per heavy atom. The fraction of sp³-hybridized carbons (Fsp3) is 0.474. The molecule has 2 aromatic rings. The molecular weight excluding hydrogens is 448 g/mol. The molecule has 2 aliphatic rings. The Labute approximate surface area is 177 Å². The SMILES string of the molecule is O=C(N[C@H]1COc2ccc(COCC(F)(F)F)cc2C1)c1cc2n(n1)CC(C(F)(F)F)O2. The molecule has 1 amide bonds. The van der Waals surface area contributed by atoms with E-state index >= 15 is 0 Å². The third-order valence-electron chi connectivity index (χ3n) is 4.84. The maximum atomic E-state index is 12.7. The third-order valence-corrected chi connectivity index (χ3v) is 4.84. The van der Waals surface area contributed by atoms with Crippen molar-refractivity contribution in [2.75, 3.05) is 13.2 Å². The second kappa shape index (κ2) is 8.19. The number of nitrogens with zero attached hydrogens (tertiary/aromatic N) is 2. The van der Waals surface area contributed by atoms with Crippen molar-refractivity contribution in [2.24, 2.45) is 0 Å². The number of carbonyl (C=O) groups excluding carboxylic acids is 1. The highest BCUT2D eigenvalue weighted by Crippen LogP contribution is 2.32. The minimum Gasteiger partial charge on any atom is -0.491 e. The molecule has 1 unspecified atom stereocenters. The van der Waals surface area contributed by atoms with Crippen molar-refractivity contribution in [1.82, 2.24) is 15.1 Å². The van der Waals surface area contributed by atoms with Gasteiger partial charge >= 0.3 is 12.4 Å². The summed E-state index contributed by atoms with van der Waals surface area (Å²) < 4.78 is 90.8. The first-order chi connectivity index (χ1) is 15.0. The van der Waals surface area contributed by atoms with Gasteiger partial charge in [0, 0.05) is 6.07 Å². The summed E-state index contributed by atoms with van der Waals surface area (Å²) in [5, 5.41) is 6.55. The van der Waals surface area contributed by atoms with E-state index in [2.05, 4.69) is 15.2 Å². The lowest BCUT2D eigenvalue weighted by molar-refractivity contribution is -0.190. The zero-order valence-corrected chi connectivity index (χ0v) is 16.3. The first-order valence-corrected chi connectivity index (χ1v) is 9.49. The van der Waals surface area contributed by atoms with Crippen LogP contribution >= 0.6 is 0 Å². The van der Waals surface area contributed by atoms with Crippen LogP contribution in [0.4, 0.5) is 26.3 Å². The number of alkyl halides is 6. The molecule has 0 radical (unpaired) electrons. The van der Waals surface area contributed by atoms with Gasteiger partial charge in [-0.3, -0.25) is 4.79 Å². The normalized spacial score (nSPS) is 20.2. The third kappa shape index (κ3) is 5.09. The minimum absolute atomic E-state index is 0.0966. The molecule has 13 heteroatoms. The average Bonchev–Trinajstić information content (AvgIpc) is 3.26. The number of hydrogen-bond donors (Lipinski definition) is 1. The Bertz CT molecular complexity index is 980. The number of nitrogens with one attached hydrogen (secondary N) is 1.